The van der Waals surface area contributed by atoms with Crippen LogP contribution in [0.15, 0.2) is 134 Å². The highest BCUT2D eigenvalue weighted by atomic mass is 14.2. The van der Waals surface area contributed by atoms with Crippen molar-refractivity contribution in [2.45, 2.75) is 13.8 Å². The lowest BCUT2D eigenvalue weighted by Gasteiger charge is -2.19. The first kappa shape index (κ1) is 20.9. The summed E-state index contributed by atoms with van der Waals surface area (Å²) in [4.78, 5) is 0. The van der Waals surface area contributed by atoms with Gasteiger partial charge in [-0.1, -0.05) is 122 Å². The van der Waals surface area contributed by atoms with E-state index in [2.05, 4.69) is 92.1 Å². The van der Waals surface area contributed by atoms with Crippen molar-refractivity contribution in [1.82, 2.24) is 0 Å². The molecule has 0 heteroatoms. The summed E-state index contributed by atoms with van der Waals surface area (Å²) in [5.41, 5.74) is 6.78. The number of allylic oxidation sites excluding steroid dienone is 12. The van der Waals surface area contributed by atoms with Gasteiger partial charge in [0.2, 0.25) is 0 Å². The average Bonchev–Trinajstić information content (AvgIpc) is 2.74. The van der Waals surface area contributed by atoms with Crippen molar-refractivity contribution >= 4 is 11.1 Å². The van der Waals surface area contributed by atoms with Gasteiger partial charge in [0.25, 0.3) is 0 Å². The Balaban J connectivity index is 3.01. The van der Waals surface area contributed by atoms with Crippen molar-refractivity contribution < 1.29 is 0 Å². The van der Waals surface area contributed by atoms with Gasteiger partial charge in [-0.25, -0.2) is 0 Å². The Kier molecular flexibility index (Phi) is 8.49. The van der Waals surface area contributed by atoms with Gasteiger partial charge in [-0.15, -0.1) is 0 Å². The molecule has 2 aromatic rings. The summed E-state index contributed by atoms with van der Waals surface area (Å²) in [7, 11) is 0. The summed E-state index contributed by atoms with van der Waals surface area (Å²) in [6.07, 6.45) is 16.2. The van der Waals surface area contributed by atoms with Gasteiger partial charge in [-0.3, -0.25) is 0 Å². The van der Waals surface area contributed by atoms with Crippen LogP contribution in [0.4, 0.5) is 0 Å². The quantitative estimate of drug-likeness (QED) is 0.329. The predicted octanol–water partition coefficient (Wildman–Crippen LogP) is 7.97. The molecule has 0 aliphatic heterocycles. The molecule has 28 heavy (non-hydrogen) atoms. The maximum Gasteiger partial charge on any atom is -0.00269 e. The molecule has 0 amide bonds. The third-order valence-electron chi connectivity index (χ3n) is 4.28. The van der Waals surface area contributed by atoms with Crippen LogP contribution in [0.25, 0.3) is 11.1 Å². The van der Waals surface area contributed by atoms with E-state index in [0.717, 1.165) is 33.4 Å². The van der Waals surface area contributed by atoms with E-state index in [-0.39, 0.29) is 0 Å². The molecule has 0 atom stereocenters. The first-order chi connectivity index (χ1) is 13.8. The summed E-state index contributed by atoms with van der Waals surface area (Å²) in [5, 5.41) is 0. The van der Waals surface area contributed by atoms with E-state index in [0.29, 0.717) is 0 Å². The Hall–Kier alpha value is -3.38. The molecule has 0 aliphatic carbocycles. The molecular formula is C28H28. The Bertz CT molecular complexity index is 930. The summed E-state index contributed by atoms with van der Waals surface area (Å²) >= 11 is 0. The van der Waals surface area contributed by atoms with Crippen LogP contribution in [-0.4, -0.2) is 0 Å². The molecule has 140 valence electrons. The number of hydrogen-bond acceptors (Lipinski definition) is 0. The zero-order valence-electron chi connectivity index (χ0n) is 16.8. The van der Waals surface area contributed by atoms with Gasteiger partial charge in [0.1, 0.15) is 0 Å². The molecule has 0 saturated heterocycles. The Labute approximate surface area is 170 Å². The third kappa shape index (κ3) is 5.31. The van der Waals surface area contributed by atoms with Gasteiger partial charge in [0.05, 0.1) is 0 Å². The van der Waals surface area contributed by atoms with Gasteiger partial charge in [0, 0.05) is 0 Å². The van der Waals surface area contributed by atoms with E-state index in [4.69, 9.17) is 0 Å². The fourth-order valence-electron chi connectivity index (χ4n) is 3.10. The van der Waals surface area contributed by atoms with Crippen LogP contribution in [0, 0.1) is 0 Å². The molecule has 2 aromatic carbocycles. The lowest BCUT2D eigenvalue weighted by molar-refractivity contribution is 1.52. The minimum atomic E-state index is 1.07. The van der Waals surface area contributed by atoms with Gasteiger partial charge in [-0.05, 0) is 47.3 Å². The highest BCUT2D eigenvalue weighted by Crippen LogP contribution is 2.37. The average molecular weight is 365 g/mol. The van der Waals surface area contributed by atoms with E-state index in [1.807, 2.05) is 44.2 Å². The van der Waals surface area contributed by atoms with E-state index in [1.165, 1.54) is 0 Å². The SMILES string of the molecule is C=C/C=C(\C=C/C)C(=C(/C(C=C)=C/C=C\C)c1ccccc1)/c1ccccc1. The van der Waals surface area contributed by atoms with Crippen LogP contribution in [0.2, 0.25) is 0 Å². The lowest BCUT2D eigenvalue weighted by Crippen LogP contribution is -1.98. The first-order valence-electron chi connectivity index (χ1n) is 9.53. The molecule has 0 aliphatic rings. The van der Waals surface area contributed by atoms with Crippen molar-refractivity contribution in [3.63, 3.8) is 0 Å². The van der Waals surface area contributed by atoms with E-state index in [1.54, 1.807) is 0 Å². The van der Waals surface area contributed by atoms with Gasteiger partial charge in [-0.2, -0.15) is 0 Å². The molecule has 0 N–H and O–H groups in total. The molecule has 0 aromatic heterocycles. The van der Waals surface area contributed by atoms with Crippen LogP contribution >= 0.6 is 0 Å². The highest BCUT2D eigenvalue weighted by Gasteiger charge is 2.16. The Morgan fingerprint density at radius 1 is 0.679 bits per heavy atom. The molecule has 0 saturated carbocycles. The minimum absolute atomic E-state index is 1.07. The van der Waals surface area contributed by atoms with Crippen LogP contribution < -0.4 is 0 Å². The zero-order valence-corrected chi connectivity index (χ0v) is 16.8. The number of benzene rings is 2. The maximum atomic E-state index is 4.09. The molecule has 0 nitrogen and oxygen atoms in total. The van der Waals surface area contributed by atoms with Crippen molar-refractivity contribution in [1.29, 1.82) is 0 Å². The maximum absolute atomic E-state index is 4.09. The molecule has 0 radical (unpaired) electrons. The Morgan fingerprint density at radius 3 is 1.64 bits per heavy atom. The Morgan fingerprint density at radius 2 is 1.21 bits per heavy atom. The lowest BCUT2D eigenvalue weighted by atomic mass is 9.84. The summed E-state index contributed by atoms with van der Waals surface area (Å²) in [5.74, 6) is 0. The second kappa shape index (κ2) is 11.4. The van der Waals surface area contributed by atoms with Gasteiger partial charge >= 0.3 is 0 Å². The fourth-order valence-corrected chi connectivity index (χ4v) is 3.10. The second-order valence-electron chi connectivity index (χ2n) is 6.19. The van der Waals surface area contributed by atoms with Crippen molar-refractivity contribution in [3.05, 3.63) is 145 Å². The van der Waals surface area contributed by atoms with Crippen LogP contribution in [0.1, 0.15) is 25.0 Å². The molecule has 2 rings (SSSR count). The number of hydrogen-bond donors (Lipinski definition) is 0. The third-order valence-corrected chi connectivity index (χ3v) is 4.28. The first-order valence-corrected chi connectivity index (χ1v) is 9.53. The molecule has 0 unspecified atom stereocenters. The zero-order chi connectivity index (χ0) is 20.2. The summed E-state index contributed by atoms with van der Waals surface area (Å²) in [6.45, 7) is 12.1. The van der Waals surface area contributed by atoms with Crippen LogP contribution in [0.3, 0.4) is 0 Å². The van der Waals surface area contributed by atoms with E-state index < -0.39 is 0 Å². The molecule has 0 bridgehead atoms. The molecular weight excluding hydrogens is 336 g/mol. The largest absolute Gasteiger partial charge is 0.0990 e. The second-order valence-corrected chi connectivity index (χ2v) is 6.19. The van der Waals surface area contributed by atoms with Crippen LogP contribution in [0.5, 0.6) is 0 Å². The number of rotatable bonds is 8. The summed E-state index contributed by atoms with van der Waals surface area (Å²) in [6, 6.07) is 21.0. The monoisotopic (exact) mass is 364 g/mol. The summed E-state index contributed by atoms with van der Waals surface area (Å²) < 4.78 is 0. The van der Waals surface area contributed by atoms with Crippen molar-refractivity contribution in [2.75, 3.05) is 0 Å². The van der Waals surface area contributed by atoms with E-state index in [9.17, 15) is 0 Å². The highest BCUT2D eigenvalue weighted by molar-refractivity contribution is 6.06. The van der Waals surface area contributed by atoms with Gasteiger partial charge < -0.3 is 0 Å². The van der Waals surface area contributed by atoms with E-state index >= 15 is 0 Å². The minimum Gasteiger partial charge on any atom is -0.0990 e. The standard InChI is InChI=1S/C28H28/c1-5-9-18-23(8-4)27(25-19-12-10-13-20-25)28(24(16-6-2)17-7-3)26-21-14-11-15-22-26/h5-22H,2,4H2,1,3H3/b9-5-,17-7-,23-18+,24-16+,28-27+. The topological polar surface area (TPSA) is 0 Å². The van der Waals surface area contributed by atoms with Gasteiger partial charge in [0.15, 0.2) is 0 Å². The predicted molar refractivity (Wildman–Crippen MR) is 126 cm³/mol. The van der Waals surface area contributed by atoms with Crippen molar-refractivity contribution in [2.24, 2.45) is 0 Å². The normalized spacial score (nSPS) is 13.6. The fraction of sp³-hybridized carbons (Fsp3) is 0.0714. The van der Waals surface area contributed by atoms with Crippen molar-refractivity contribution in [3.8, 4) is 0 Å². The molecule has 0 spiro atoms. The smallest absolute Gasteiger partial charge is 0.00269 e. The molecule has 0 heterocycles. The van der Waals surface area contributed by atoms with Crippen LogP contribution in [-0.2, 0) is 0 Å². The molecule has 0 fully saturated rings.